The van der Waals surface area contributed by atoms with Gasteiger partial charge in [0.15, 0.2) is 12.1 Å². The molecule has 2 atom stereocenters. The number of rotatable bonds is 3. The third-order valence-corrected chi connectivity index (χ3v) is 3.49. The van der Waals surface area contributed by atoms with E-state index in [0.717, 1.165) is 19.3 Å². The summed E-state index contributed by atoms with van der Waals surface area (Å²) in [6, 6.07) is 0.178. The zero-order chi connectivity index (χ0) is 12.3. The zero-order valence-electron chi connectivity index (χ0n) is 10.1. The minimum Gasteiger partial charge on any atom is -0.448 e. The van der Waals surface area contributed by atoms with Gasteiger partial charge in [-0.25, -0.2) is 4.98 Å². The van der Waals surface area contributed by atoms with Crippen molar-refractivity contribution in [2.75, 3.05) is 6.54 Å². The van der Waals surface area contributed by atoms with Crippen LogP contribution in [0.2, 0.25) is 0 Å². The molecule has 94 valence electrons. The van der Waals surface area contributed by atoms with Crippen molar-refractivity contribution in [1.29, 1.82) is 0 Å². The van der Waals surface area contributed by atoms with E-state index in [-0.39, 0.29) is 11.9 Å². The number of nitrogens with zero attached hydrogens (tertiary/aromatic N) is 1. The number of carbonyl (C=O) groups excluding carboxylic acids is 1. The Bertz CT molecular complexity index is 389. The fourth-order valence-corrected chi connectivity index (χ4v) is 2.44. The summed E-state index contributed by atoms with van der Waals surface area (Å²) in [5, 5.41) is 3.02. The first kappa shape index (κ1) is 12.1. The summed E-state index contributed by atoms with van der Waals surface area (Å²) < 4.78 is 5.03. The Hall–Kier alpha value is -1.36. The SMILES string of the molecule is Cc1ocnc1C(=O)NC1CCCCC1CN. The Kier molecular flexibility index (Phi) is 3.78. The molecule has 1 saturated carbocycles. The average Bonchev–Trinajstić information content (AvgIpc) is 2.76. The van der Waals surface area contributed by atoms with Gasteiger partial charge in [-0.15, -0.1) is 0 Å². The summed E-state index contributed by atoms with van der Waals surface area (Å²) in [5.41, 5.74) is 6.11. The quantitative estimate of drug-likeness (QED) is 0.828. The molecule has 1 aromatic rings. The second-order valence-corrected chi connectivity index (χ2v) is 4.62. The van der Waals surface area contributed by atoms with Gasteiger partial charge in [0, 0.05) is 6.04 Å². The topological polar surface area (TPSA) is 81.2 Å². The third-order valence-electron chi connectivity index (χ3n) is 3.49. The first-order chi connectivity index (χ1) is 8.22. The molecule has 1 fully saturated rings. The molecule has 0 saturated heterocycles. The number of hydrogen-bond donors (Lipinski definition) is 2. The molecule has 5 nitrogen and oxygen atoms in total. The minimum absolute atomic E-state index is 0.151. The first-order valence-electron chi connectivity index (χ1n) is 6.13. The van der Waals surface area contributed by atoms with Crippen LogP contribution in [0.4, 0.5) is 0 Å². The summed E-state index contributed by atoms with van der Waals surface area (Å²) in [7, 11) is 0. The lowest BCUT2D eigenvalue weighted by molar-refractivity contribution is 0.0902. The van der Waals surface area contributed by atoms with E-state index in [1.54, 1.807) is 6.92 Å². The Balaban J connectivity index is 2.00. The van der Waals surface area contributed by atoms with Gasteiger partial charge in [-0.2, -0.15) is 0 Å². The lowest BCUT2D eigenvalue weighted by atomic mass is 9.84. The van der Waals surface area contributed by atoms with Gasteiger partial charge in [0.05, 0.1) is 0 Å². The van der Waals surface area contributed by atoms with Crippen LogP contribution in [0.25, 0.3) is 0 Å². The smallest absolute Gasteiger partial charge is 0.273 e. The number of nitrogens with two attached hydrogens (primary N) is 1. The second-order valence-electron chi connectivity index (χ2n) is 4.62. The molecule has 0 bridgehead atoms. The van der Waals surface area contributed by atoms with Crippen molar-refractivity contribution in [3.05, 3.63) is 17.8 Å². The van der Waals surface area contributed by atoms with E-state index in [1.165, 1.54) is 12.8 Å². The number of aromatic nitrogens is 1. The molecule has 0 aliphatic heterocycles. The average molecular weight is 237 g/mol. The van der Waals surface area contributed by atoms with Gasteiger partial charge >= 0.3 is 0 Å². The number of nitrogens with one attached hydrogen (secondary N) is 1. The largest absolute Gasteiger partial charge is 0.448 e. The number of aryl methyl sites for hydroxylation is 1. The van der Waals surface area contributed by atoms with Gasteiger partial charge in [-0.3, -0.25) is 4.79 Å². The summed E-state index contributed by atoms with van der Waals surface area (Å²) in [4.78, 5) is 15.9. The molecule has 2 unspecified atom stereocenters. The summed E-state index contributed by atoms with van der Waals surface area (Å²) in [5.74, 6) is 0.795. The Labute approximate surface area is 101 Å². The highest BCUT2D eigenvalue weighted by Crippen LogP contribution is 2.23. The minimum atomic E-state index is -0.151. The van der Waals surface area contributed by atoms with Crippen molar-refractivity contribution in [2.24, 2.45) is 11.7 Å². The maximum atomic E-state index is 12.0. The Morgan fingerprint density at radius 1 is 1.59 bits per heavy atom. The van der Waals surface area contributed by atoms with Crippen molar-refractivity contribution in [3.8, 4) is 0 Å². The summed E-state index contributed by atoms with van der Waals surface area (Å²) in [6.45, 7) is 2.37. The van der Waals surface area contributed by atoms with Crippen LogP contribution in [0.3, 0.4) is 0 Å². The second kappa shape index (κ2) is 5.31. The monoisotopic (exact) mass is 237 g/mol. The number of hydrogen-bond acceptors (Lipinski definition) is 4. The predicted octanol–water partition coefficient (Wildman–Crippen LogP) is 1.23. The highest BCUT2D eigenvalue weighted by atomic mass is 16.3. The molecule has 0 aromatic carbocycles. The van der Waals surface area contributed by atoms with Crippen LogP contribution < -0.4 is 11.1 Å². The van der Waals surface area contributed by atoms with E-state index in [1.807, 2.05) is 0 Å². The Morgan fingerprint density at radius 3 is 3.00 bits per heavy atom. The number of oxazole rings is 1. The molecule has 2 rings (SSSR count). The van der Waals surface area contributed by atoms with Crippen LogP contribution in [0.5, 0.6) is 0 Å². The lowest BCUT2D eigenvalue weighted by Crippen LogP contribution is -2.44. The van der Waals surface area contributed by atoms with Gasteiger partial charge in [-0.1, -0.05) is 12.8 Å². The molecule has 3 N–H and O–H groups in total. The third kappa shape index (κ3) is 2.66. The van der Waals surface area contributed by atoms with Gasteiger partial charge in [0.25, 0.3) is 5.91 Å². The maximum absolute atomic E-state index is 12.0. The van der Waals surface area contributed by atoms with E-state index >= 15 is 0 Å². The van der Waals surface area contributed by atoms with Crippen LogP contribution >= 0.6 is 0 Å². The number of amides is 1. The van der Waals surface area contributed by atoms with Gasteiger partial charge in [-0.05, 0) is 32.2 Å². The Morgan fingerprint density at radius 2 is 2.35 bits per heavy atom. The summed E-state index contributed by atoms with van der Waals surface area (Å²) in [6.07, 6.45) is 5.76. The van der Waals surface area contributed by atoms with E-state index in [9.17, 15) is 4.79 Å². The van der Waals surface area contributed by atoms with Crippen molar-refractivity contribution < 1.29 is 9.21 Å². The van der Waals surface area contributed by atoms with E-state index in [2.05, 4.69) is 10.3 Å². The van der Waals surface area contributed by atoms with Crippen molar-refractivity contribution in [2.45, 2.75) is 38.6 Å². The highest BCUT2D eigenvalue weighted by molar-refractivity contribution is 5.93. The lowest BCUT2D eigenvalue weighted by Gasteiger charge is -2.31. The molecule has 1 amide bonds. The number of carbonyl (C=O) groups is 1. The van der Waals surface area contributed by atoms with Crippen LogP contribution in [-0.4, -0.2) is 23.5 Å². The molecule has 1 aliphatic rings. The molecule has 1 heterocycles. The van der Waals surface area contributed by atoms with Gasteiger partial charge in [0.2, 0.25) is 0 Å². The molecular formula is C12H19N3O2. The van der Waals surface area contributed by atoms with Gasteiger partial charge in [0.1, 0.15) is 5.76 Å². The molecule has 1 aromatic heterocycles. The van der Waals surface area contributed by atoms with Crippen molar-refractivity contribution >= 4 is 5.91 Å². The maximum Gasteiger partial charge on any atom is 0.273 e. The van der Waals surface area contributed by atoms with Crippen molar-refractivity contribution in [3.63, 3.8) is 0 Å². The molecule has 1 aliphatic carbocycles. The predicted molar refractivity (Wildman–Crippen MR) is 63.5 cm³/mol. The van der Waals surface area contributed by atoms with Crippen LogP contribution in [0.15, 0.2) is 10.8 Å². The standard InChI is InChI=1S/C12H19N3O2/c1-8-11(14-7-17-8)12(16)15-10-5-3-2-4-9(10)6-13/h7,9-10H,2-6,13H2,1H3,(H,15,16). The fourth-order valence-electron chi connectivity index (χ4n) is 2.44. The molecular weight excluding hydrogens is 218 g/mol. The zero-order valence-corrected chi connectivity index (χ0v) is 10.1. The molecule has 0 spiro atoms. The first-order valence-corrected chi connectivity index (χ1v) is 6.13. The van der Waals surface area contributed by atoms with E-state index in [0.29, 0.717) is 23.9 Å². The molecule has 17 heavy (non-hydrogen) atoms. The van der Waals surface area contributed by atoms with Crippen LogP contribution in [0, 0.1) is 12.8 Å². The van der Waals surface area contributed by atoms with Crippen LogP contribution in [-0.2, 0) is 0 Å². The summed E-state index contributed by atoms with van der Waals surface area (Å²) >= 11 is 0. The molecule has 0 radical (unpaired) electrons. The van der Waals surface area contributed by atoms with Crippen LogP contribution in [0.1, 0.15) is 41.9 Å². The van der Waals surface area contributed by atoms with Gasteiger partial charge < -0.3 is 15.5 Å². The van der Waals surface area contributed by atoms with E-state index < -0.39 is 0 Å². The van der Waals surface area contributed by atoms with E-state index in [4.69, 9.17) is 10.2 Å². The normalized spacial score (nSPS) is 24.6. The fraction of sp³-hybridized carbons (Fsp3) is 0.667. The highest BCUT2D eigenvalue weighted by Gasteiger charge is 2.26. The molecule has 5 heteroatoms. The van der Waals surface area contributed by atoms with Crippen molar-refractivity contribution in [1.82, 2.24) is 10.3 Å².